The second kappa shape index (κ2) is 7.34. The molecule has 0 unspecified atom stereocenters. The second-order valence-electron chi connectivity index (χ2n) is 7.16. The molecule has 3 heterocycles. The number of anilines is 1. The molecule has 9 nitrogen and oxygen atoms in total. The first-order valence-electron chi connectivity index (χ1n) is 9.32. The minimum Gasteiger partial charge on any atom is -0.337 e. The molecule has 0 saturated carbocycles. The van der Waals surface area contributed by atoms with Gasteiger partial charge in [0.1, 0.15) is 12.4 Å². The molecule has 2 amide bonds. The van der Waals surface area contributed by atoms with Gasteiger partial charge in [0.2, 0.25) is 11.7 Å². The van der Waals surface area contributed by atoms with Crippen LogP contribution < -0.4 is 4.90 Å². The molecule has 5 rings (SSSR count). The minimum absolute atomic E-state index is 0.00329. The molecule has 31 heavy (non-hydrogen) atoms. The van der Waals surface area contributed by atoms with E-state index in [9.17, 15) is 14.0 Å². The standard InChI is InChI=1S/C20H14BrFN6O3/c1-10-2-7-13(8-14(10)22)28-19(29)16-17(20(28)30)27(26-24-16)9-15-23-18(25-31-15)11-3-5-12(21)6-4-11/h2-8,16-17H,9H2,1H3/t16-,17+/m1/s1. The molecule has 0 N–H and O–H groups in total. The fraction of sp³-hybridized carbons (Fsp3) is 0.200. The van der Waals surface area contributed by atoms with E-state index in [4.69, 9.17) is 4.52 Å². The summed E-state index contributed by atoms with van der Waals surface area (Å²) in [5.74, 6) is -0.972. The van der Waals surface area contributed by atoms with Crippen LogP contribution >= 0.6 is 15.9 Å². The average Bonchev–Trinajstić information content (AvgIpc) is 3.44. The van der Waals surface area contributed by atoms with Crippen molar-refractivity contribution in [3.8, 4) is 11.4 Å². The Labute approximate surface area is 183 Å². The van der Waals surface area contributed by atoms with Gasteiger partial charge in [-0.15, -0.1) is 0 Å². The molecule has 1 saturated heterocycles. The van der Waals surface area contributed by atoms with Gasteiger partial charge >= 0.3 is 0 Å². The largest absolute Gasteiger partial charge is 0.337 e. The van der Waals surface area contributed by atoms with E-state index in [1.807, 2.05) is 24.3 Å². The highest BCUT2D eigenvalue weighted by Gasteiger charge is 2.55. The summed E-state index contributed by atoms with van der Waals surface area (Å²) in [5.41, 5.74) is 1.35. The molecule has 0 spiro atoms. The number of carbonyl (C=O) groups excluding carboxylic acids is 2. The van der Waals surface area contributed by atoms with E-state index in [2.05, 4.69) is 36.4 Å². The molecule has 2 atom stereocenters. The Morgan fingerprint density at radius 2 is 1.90 bits per heavy atom. The first kappa shape index (κ1) is 19.5. The molecule has 2 aliphatic heterocycles. The van der Waals surface area contributed by atoms with Crippen molar-refractivity contribution < 1.29 is 18.5 Å². The van der Waals surface area contributed by atoms with Crippen molar-refractivity contribution in [3.05, 3.63) is 64.2 Å². The number of halogens is 2. The van der Waals surface area contributed by atoms with Crippen molar-refractivity contribution in [1.82, 2.24) is 15.1 Å². The topological polar surface area (TPSA) is 104 Å². The van der Waals surface area contributed by atoms with Crippen LogP contribution in [0.4, 0.5) is 10.1 Å². The zero-order valence-corrected chi connectivity index (χ0v) is 17.7. The third-order valence-corrected chi connectivity index (χ3v) is 5.67. The lowest BCUT2D eigenvalue weighted by atomic mass is 10.1. The van der Waals surface area contributed by atoms with Crippen molar-refractivity contribution in [2.24, 2.45) is 10.3 Å². The van der Waals surface area contributed by atoms with Crippen molar-refractivity contribution >= 4 is 33.4 Å². The summed E-state index contributed by atoms with van der Waals surface area (Å²) in [4.78, 5) is 31.0. The molecule has 0 bridgehead atoms. The number of hydrogen-bond acceptors (Lipinski definition) is 8. The molecule has 156 valence electrons. The van der Waals surface area contributed by atoms with Crippen LogP contribution in [-0.2, 0) is 16.1 Å². The Morgan fingerprint density at radius 3 is 2.65 bits per heavy atom. The van der Waals surface area contributed by atoms with Crippen LogP contribution in [0, 0.1) is 12.7 Å². The van der Waals surface area contributed by atoms with Gasteiger partial charge in [-0.2, -0.15) is 10.1 Å². The molecular formula is C20H14BrFN6O3. The number of aryl methyl sites for hydroxylation is 1. The maximum absolute atomic E-state index is 14.0. The molecule has 1 aromatic heterocycles. The summed E-state index contributed by atoms with van der Waals surface area (Å²) in [7, 11) is 0. The normalized spacial score (nSPS) is 20.1. The van der Waals surface area contributed by atoms with E-state index in [0.29, 0.717) is 11.4 Å². The Balaban J connectivity index is 1.36. The van der Waals surface area contributed by atoms with Crippen molar-refractivity contribution in [3.63, 3.8) is 0 Å². The highest BCUT2D eigenvalue weighted by Crippen LogP contribution is 2.33. The summed E-state index contributed by atoms with van der Waals surface area (Å²) in [6.45, 7) is 1.60. The molecule has 3 aromatic rings. The summed E-state index contributed by atoms with van der Waals surface area (Å²) >= 11 is 3.37. The summed E-state index contributed by atoms with van der Waals surface area (Å²) < 4.78 is 20.2. The number of carbonyl (C=O) groups is 2. The third-order valence-electron chi connectivity index (χ3n) is 5.14. The number of amides is 2. The fourth-order valence-electron chi connectivity index (χ4n) is 3.50. The van der Waals surface area contributed by atoms with Gasteiger partial charge in [0.25, 0.3) is 11.8 Å². The Morgan fingerprint density at radius 1 is 1.13 bits per heavy atom. The maximum Gasteiger partial charge on any atom is 0.263 e. The SMILES string of the molecule is Cc1ccc(N2C(=O)[C@@H]3[C@@H](N=NN3Cc3nc(-c4ccc(Br)cc4)no3)C2=O)cc1F. The fourth-order valence-corrected chi connectivity index (χ4v) is 3.77. The monoisotopic (exact) mass is 484 g/mol. The number of nitrogens with zero attached hydrogens (tertiary/aromatic N) is 6. The van der Waals surface area contributed by atoms with Gasteiger partial charge in [-0.25, -0.2) is 9.29 Å². The Kier molecular flexibility index (Phi) is 4.62. The van der Waals surface area contributed by atoms with Gasteiger partial charge < -0.3 is 4.52 Å². The Bertz CT molecular complexity index is 1230. The minimum atomic E-state index is -0.995. The van der Waals surface area contributed by atoms with Crippen LogP contribution in [0.1, 0.15) is 11.5 Å². The number of fused-ring (bicyclic) bond motifs is 1. The van der Waals surface area contributed by atoms with Crippen LogP contribution in [-0.4, -0.2) is 39.0 Å². The van der Waals surface area contributed by atoms with Gasteiger partial charge in [-0.1, -0.05) is 32.4 Å². The highest BCUT2D eigenvalue weighted by atomic mass is 79.9. The molecule has 0 aliphatic carbocycles. The van der Waals surface area contributed by atoms with E-state index >= 15 is 0 Å². The Hall–Kier alpha value is -3.47. The van der Waals surface area contributed by atoms with E-state index < -0.39 is 29.7 Å². The number of aromatic nitrogens is 2. The summed E-state index contributed by atoms with van der Waals surface area (Å²) in [6.07, 6.45) is 0. The van der Waals surface area contributed by atoms with Crippen LogP contribution in [0.15, 0.2) is 61.8 Å². The van der Waals surface area contributed by atoms with Crippen LogP contribution in [0.3, 0.4) is 0 Å². The van der Waals surface area contributed by atoms with E-state index in [1.54, 1.807) is 6.92 Å². The van der Waals surface area contributed by atoms with Gasteiger partial charge in [0, 0.05) is 10.0 Å². The highest BCUT2D eigenvalue weighted by molar-refractivity contribution is 9.10. The lowest BCUT2D eigenvalue weighted by Gasteiger charge is -2.19. The molecule has 11 heteroatoms. The quantitative estimate of drug-likeness (QED) is 0.525. The van der Waals surface area contributed by atoms with Crippen molar-refractivity contribution in [1.29, 1.82) is 0 Å². The molecular weight excluding hydrogens is 471 g/mol. The number of rotatable bonds is 4. The van der Waals surface area contributed by atoms with Gasteiger partial charge in [0.05, 0.1) is 5.69 Å². The molecule has 2 aromatic carbocycles. The van der Waals surface area contributed by atoms with Gasteiger partial charge in [0.15, 0.2) is 12.1 Å². The zero-order valence-electron chi connectivity index (χ0n) is 16.1. The summed E-state index contributed by atoms with van der Waals surface area (Å²) in [6, 6.07) is 9.65. The molecule has 1 fully saturated rings. The molecule has 2 aliphatic rings. The van der Waals surface area contributed by atoms with E-state index in [1.165, 1.54) is 17.1 Å². The van der Waals surface area contributed by atoms with Crippen LogP contribution in [0.2, 0.25) is 0 Å². The zero-order chi connectivity index (χ0) is 21.7. The van der Waals surface area contributed by atoms with Gasteiger partial charge in [-0.05, 0) is 48.9 Å². The third kappa shape index (κ3) is 3.30. The lowest BCUT2D eigenvalue weighted by Crippen LogP contribution is -2.39. The smallest absolute Gasteiger partial charge is 0.263 e. The van der Waals surface area contributed by atoms with E-state index in [0.717, 1.165) is 21.0 Å². The van der Waals surface area contributed by atoms with Crippen LogP contribution in [0.25, 0.3) is 11.4 Å². The lowest BCUT2D eigenvalue weighted by molar-refractivity contribution is -0.123. The van der Waals surface area contributed by atoms with Crippen molar-refractivity contribution in [2.45, 2.75) is 25.6 Å². The predicted molar refractivity (Wildman–Crippen MR) is 109 cm³/mol. The first-order chi connectivity index (χ1) is 14.9. The number of imide groups is 1. The van der Waals surface area contributed by atoms with E-state index in [-0.39, 0.29) is 18.1 Å². The maximum atomic E-state index is 14.0. The number of hydrogen-bond donors (Lipinski definition) is 0. The molecule has 0 radical (unpaired) electrons. The second-order valence-corrected chi connectivity index (χ2v) is 8.07. The average molecular weight is 485 g/mol. The van der Waals surface area contributed by atoms with Crippen molar-refractivity contribution in [2.75, 3.05) is 4.90 Å². The van der Waals surface area contributed by atoms with Gasteiger partial charge in [-0.3, -0.25) is 14.6 Å². The number of benzene rings is 2. The van der Waals surface area contributed by atoms with Crippen LogP contribution in [0.5, 0.6) is 0 Å². The summed E-state index contributed by atoms with van der Waals surface area (Å²) in [5, 5.41) is 13.2. The first-order valence-corrected chi connectivity index (χ1v) is 10.1. The predicted octanol–water partition coefficient (Wildman–Crippen LogP) is 3.44.